The van der Waals surface area contributed by atoms with Crippen molar-refractivity contribution in [2.45, 2.75) is 6.92 Å². The molecule has 0 spiro atoms. The Labute approximate surface area is 128 Å². The molecule has 2 rings (SSSR count). The zero-order chi connectivity index (χ0) is 14.7. The van der Waals surface area contributed by atoms with Crippen LogP contribution in [0.3, 0.4) is 0 Å². The summed E-state index contributed by atoms with van der Waals surface area (Å²) < 4.78 is 0.900. The first-order valence-electron chi connectivity index (χ1n) is 6.26. The molecule has 0 aromatic heterocycles. The van der Waals surface area contributed by atoms with Gasteiger partial charge in [0, 0.05) is 29.9 Å². The highest BCUT2D eigenvalue weighted by molar-refractivity contribution is 9.10. The van der Waals surface area contributed by atoms with Crippen LogP contribution in [0, 0.1) is 18.3 Å². The van der Waals surface area contributed by atoms with Crippen LogP contribution in [0.1, 0.15) is 11.1 Å². The zero-order valence-electron chi connectivity index (χ0n) is 11.7. The van der Waals surface area contributed by atoms with Crippen LogP contribution in [0.4, 0.5) is 17.1 Å². The van der Waals surface area contributed by atoms with Gasteiger partial charge in [-0.25, -0.2) is 0 Å². The fraction of sp³-hybridized carbons (Fsp3) is 0.188. The summed E-state index contributed by atoms with van der Waals surface area (Å²) in [7, 11) is 4.04. The highest BCUT2D eigenvalue weighted by Gasteiger charge is 2.06. The molecule has 0 saturated carbocycles. The third-order valence-corrected chi connectivity index (χ3v) is 3.57. The molecule has 1 N–H and O–H groups in total. The number of aryl methyl sites for hydroxylation is 1. The first-order chi connectivity index (χ1) is 9.51. The highest BCUT2D eigenvalue weighted by Crippen LogP contribution is 2.27. The van der Waals surface area contributed by atoms with E-state index in [1.54, 1.807) is 0 Å². The van der Waals surface area contributed by atoms with Crippen molar-refractivity contribution < 1.29 is 0 Å². The molecule has 0 bridgehead atoms. The molecule has 0 unspecified atom stereocenters. The molecule has 2 aromatic rings. The molecule has 3 nitrogen and oxygen atoms in total. The number of benzene rings is 2. The van der Waals surface area contributed by atoms with Crippen LogP contribution in [-0.2, 0) is 0 Å². The van der Waals surface area contributed by atoms with Crippen molar-refractivity contribution in [1.29, 1.82) is 5.26 Å². The molecular weight excluding hydrogens is 314 g/mol. The molecule has 0 radical (unpaired) electrons. The summed E-state index contributed by atoms with van der Waals surface area (Å²) in [6.07, 6.45) is 0. The minimum absolute atomic E-state index is 0.617. The van der Waals surface area contributed by atoms with Gasteiger partial charge in [0.25, 0.3) is 0 Å². The number of halogens is 1. The zero-order valence-corrected chi connectivity index (χ0v) is 13.3. The van der Waals surface area contributed by atoms with Gasteiger partial charge in [-0.05, 0) is 42.8 Å². The van der Waals surface area contributed by atoms with E-state index in [4.69, 9.17) is 0 Å². The molecule has 0 amide bonds. The normalized spacial score (nSPS) is 9.95. The lowest BCUT2D eigenvalue weighted by atomic mass is 10.1. The molecule has 2 aromatic carbocycles. The van der Waals surface area contributed by atoms with Gasteiger partial charge in [0.1, 0.15) is 6.07 Å². The lowest BCUT2D eigenvalue weighted by molar-refractivity contribution is 1.11. The second-order valence-corrected chi connectivity index (χ2v) is 5.74. The molecule has 0 aliphatic carbocycles. The molecular formula is C16H16BrN3. The number of nitrogens with zero attached hydrogens (tertiary/aromatic N) is 2. The van der Waals surface area contributed by atoms with Gasteiger partial charge >= 0.3 is 0 Å². The van der Waals surface area contributed by atoms with Crippen LogP contribution in [0.2, 0.25) is 0 Å². The van der Waals surface area contributed by atoms with Gasteiger partial charge in [-0.2, -0.15) is 5.26 Å². The summed E-state index contributed by atoms with van der Waals surface area (Å²) >= 11 is 3.38. The predicted molar refractivity (Wildman–Crippen MR) is 87.6 cm³/mol. The Balaban J connectivity index is 2.36. The van der Waals surface area contributed by atoms with Crippen molar-refractivity contribution in [3.8, 4) is 6.07 Å². The monoisotopic (exact) mass is 329 g/mol. The summed E-state index contributed by atoms with van der Waals surface area (Å²) in [5.74, 6) is 0. The van der Waals surface area contributed by atoms with Crippen molar-refractivity contribution >= 4 is 33.0 Å². The van der Waals surface area contributed by atoms with Gasteiger partial charge in [0.05, 0.1) is 11.3 Å². The number of nitriles is 1. The first kappa shape index (κ1) is 14.4. The van der Waals surface area contributed by atoms with E-state index in [2.05, 4.69) is 51.3 Å². The SMILES string of the molecule is Cc1ccc(Nc2ccc(Br)cc2C#N)cc1N(C)C. The Kier molecular flexibility index (Phi) is 4.31. The van der Waals surface area contributed by atoms with Crippen LogP contribution in [0.5, 0.6) is 0 Å². The minimum Gasteiger partial charge on any atom is -0.377 e. The average Bonchev–Trinajstić information content (AvgIpc) is 2.42. The maximum atomic E-state index is 9.19. The van der Waals surface area contributed by atoms with Crippen LogP contribution in [0.25, 0.3) is 0 Å². The number of hydrogen-bond donors (Lipinski definition) is 1. The van der Waals surface area contributed by atoms with Crippen LogP contribution in [0.15, 0.2) is 40.9 Å². The standard InChI is InChI=1S/C16H16BrN3/c1-11-4-6-14(9-16(11)20(2)3)19-15-7-5-13(17)8-12(15)10-18/h4-9,19H,1-3H3. The van der Waals surface area contributed by atoms with E-state index >= 15 is 0 Å². The lowest BCUT2D eigenvalue weighted by Crippen LogP contribution is -2.10. The fourth-order valence-electron chi connectivity index (χ4n) is 2.04. The van der Waals surface area contributed by atoms with Gasteiger partial charge < -0.3 is 10.2 Å². The van der Waals surface area contributed by atoms with Crippen molar-refractivity contribution in [3.63, 3.8) is 0 Å². The Morgan fingerprint density at radius 2 is 1.90 bits per heavy atom. The Bertz CT molecular complexity index is 672. The molecule has 20 heavy (non-hydrogen) atoms. The predicted octanol–water partition coefficient (Wildman–Crippen LogP) is 4.44. The topological polar surface area (TPSA) is 39.1 Å². The van der Waals surface area contributed by atoms with E-state index in [9.17, 15) is 5.26 Å². The second kappa shape index (κ2) is 5.98. The van der Waals surface area contributed by atoms with Crippen molar-refractivity contribution in [2.24, 2.45) is 0 Å². The second-order valence-electron chi connectivity index (χ2n) is 4.82. The smallest absolute Gasteiger partial charge is 0.101 e. The molecule has 0 saturated heterocycles. The first-order valence-corrected chi connectivity index (χ1v) is 7.05. The van der Waals surface area contributed by atoms with Gasteiger partial charge in [-0.1, -0.05) is 22.0 Å². The molecule has 0 fully saturated rings. The molecule has 4 heteroatoms. The molecule has 102 valence electrons. The van der Waals surface area contributed by atoms with Crippen LogP contribution < -0.4 is 10.2 Å². The van der Waals surface area contributed by atoms with Crippen LogP contribution >= 0.6 is 15.9 Å². The Hall–Kier alpha value is -1.99. The number of anilines is 3. The summed E-state index contributed by atoms with van der Waals surface area (Å²) in [5, 5.41) is 12.5. The molecule has 0 aliphatic heterocycles. The number of hydrogen-bond acceptors (Lipinski definition) is 3. The minimum atomic E-state index is 0.617. The maximum absolute atomic E-state index is 9.19. The van der Waals surface area contributed by atoms with Crippen molar-refractivity contribution in [3.05, 3.63) is 52.0 Å². The third-order valence-electron chi connectivity index (χ3n) is 3.07. The van der Waals surface area contributed by atoms with Gasteiger partial charge in [0.15, 0.2) is 0 Å². The summed E-state index contributed by atoms with van der Waals surface area (Å²) in [6, 6.07) is 14.0. The fourth-order valence-corrected chi connectivity index (χ4v) is 2.40. The van der Waals surface area contributed by atoms with Crippen LogP contribution in [-0.4, -0.2) is 14.1 Å². The Morgan fingerprint density at radius 3 is 2.55 bits per heavy atom. The largest absolute Gasteiger partial charge is 0.377 e. The summed E-state index contributed by atoms with van der Waals surface area (Å²) in [5.41, 5.74) is 4.77. The summed E-state index contributed by atoms with van der Waals surface area (Å²) in [6.45, 7) is 2.08. The van der Waals surface area contributed by atoms with Crippen molar-refractivity contribution in [1.82, 2.24) is 0 Å². The van der Waals surface area contributed by atoms with E-state index in [1.807, 2.05) is 38.4 Å². The van der Waals surface area contributed by atoms with Crippen molar-refractivity contribution in [2.75, 3.05) is 24.3 Å². The molecule has 0 aliphatic rings. The van der Waals surface area contributed by atoms with Gasteiger partial charge in [-0.15, -0.1) is 0 Å². The Morgan fingerprint density at radius 1 is 1.15 bits per heavy atom. The molecule has 0 atom stereocenters. The van der Waals surface area contributed by atoms with Gasteiger partial charge in [0.2, 0.25) is 0 Å². The van der Waals surface area contributed by atoms with E-state index < -0.39 is 0 Å². The maximum Gasteiger partial charge on any atom is 0.101 e. The van der Waals surface area contributed by atoms with E-state index in [1.165, 1.54) is 5.56 Å². The quantitative estimate of drug-likeness (QED) is 0.904. The third kappa shape index (κ3) is 3.12. The summed E-state index contributed by atoms with van der Waals surface area (Å²) in [4.78, 5) is 2.08. The number of rotatable bonds is 3. The highest BCUT2D eigenvalue weighted by atomic mass is 79.9. The van der Waals surface area contributed by atoms with E-state index in [0.717, 1.165) is 21.5 Å². The van der Waals surface area contributed by atoms with Gasteiger partial charge in [-0.3, -0.25) is 0 Å². The number of nitrogens with one attached hydrogen (secondary N) is 1. The molecule has 0 heterocycles. The lowest BCUT2D eigenvalue weighted by Gasteiger charge is -2.17. The average molecular weight is 330 g/mol. The van der Waals surface area contributed by atoms with E-state index in [0.29, 0.717) is 5.56 Å². The van der Waals surface area contributed by atoms with E-state index in [-0.39, 0.29) is 0 Å².